The lowest BCUT2D eigenvalue weighted by molar-refractivity contribution is -0.150. The molecule has 0 saturated carbocycles. The van der Waals surface area contributed by atoms with E-state index in [0.29, 0.717) is 18.5 Å². The predicted octanol–water partition coefficient (Wildman–Crippen LogP) is 4.02. The first-order valence-electron chi connectivity index (χ1n) is 7.78. The number of carboxylic acids is 1. The van der Waals surface area contributed by atoms with Gasteiger partial charge in [0.25, 0.3) is 0 Å². The normalized spacial score (nSPS) is 15.2. The van der Waals surface area contributed by atoms with Crippen molar-refractivity contribution < 1.29 is 9.90 Å². The van der Waals surface area contributed by atoms with E-state index in [1.807, 2.05) is 6.92 Å². The van der Waals surface area contributed by atoms with E-state index in [2.05, 4.69) is 39.5 Å². The average molecular weight is 271 g/mol. The maximum atomic E-state index is 11.6. The van der Waals surface area contributed by atoms with Crippen LogP contribution in [0.1, 0.15) is 67.2 Å². The fourth-order valence-corrected chi connectivity index (χ4v) is 2.87. The van der Waals surface area contributed by atoms with Gasteiger partial charge in [-0.3, -0.25) is 9.69 Å². The zero-order valence-electron chi connectivity index (χ0n) is 13.7. The molecule has 3 heteroatoms. The van der Waals surface area contributed by atoms with Crippen molar-refractivity contribution in [1.82, 2.24) is 4.90 Å². The van der Waals surface area contributed by atoms with Crippen LogP contribution in [0.5, 0.6) is 0 Å². The molecule has 0 radical (unpaired) electrons. The molecule has 0 rings (SSSR count). The van der Waals surface area contributed by atoms with Gasteiger partial charge < -0.3 is 5.11 Å². The lowest BCUT2D eigenvalue weighted by atomic mass is 9.84. The second-order valence-electron chi connectivity index (χ2n) is 6.41. The topological polar surface area (TPSA) is 40.5 Å². The summed E-state index contributed by atoms with van der Waals surface area (Å²) in [5, 5.41) is 9.55. The molecule has 0 spiro atoms. The quantitative estimate of drug-likeness (QED) is 0.652. The number of hydrogen-bond acceptors (Lipinski definition) is 2. The molecule has 1 unspecified atom stereocenters. The molecule has 0 fully saturated rings. The third kappa shape index (κ3) is 5.94. The molecule has 114 valence electrons. The highest BCUT2D eigenvalue weighted by molar-refractivity contribution is 5.74. The van der Waals surface area contributed by atoms with Gasteiger partial charge in [0.15, 0.2) is 0 Å². The lowest BCUT2D eigenvalue weighted by Crippen LogP contribution is -2.47. The minimum atomic E-state index is -0.658. The molecule has 0 saturated heterocycles. The van der Waals surface area contributed by atoms with E-state index in [-0.39, 0.29) is 0 Å². The number of nitrogens with zero attached hydrogens (tertiary/aromatic N) is 1. The number of carbonyl (C=O) groups is 1. The Labute approximate surface area is 119 Å². The summed E-state index contributed by atoms with van der Waals surface area (Å²) in [6, 6.07) is 0.498. The SMILES string of the molecule is CCCC(C)(CN(CC(C)C)C(CC)CC)C(=O)O. The maximum Gasteiger partial charge on any atom is 0.310 e. The third-order valence-corrected chi connectivity index (χ3v) is 3.93. The first kappa shape index (κ1) is 18.4. The zero-order valence-corrected chi connectivity index (χ0v) is 13.7. The van der Waals surface area contributed by atoms with Gasteiger partial charge in [-0.25, -0.2) is 0 Å². The molecule has 0 heterocycles. The van der Waals surface area contributed by atoms with E-state index >= 15 is 0 Å². The van der Waals surface area contributed by atoms with Crippen molar-refractivity contribution in [3.63, 3.8) is 0 Å². The van der Waals surface area contributed by atoms with Crippen LogP contribution in [-0.4, -0.2) is 35.1 Å². The molecule has 0 aliphatic carbocycles. The Morgan fingerprint density at radius 1 is 1.21 bits per heavy atom. The number of hydrogen-bond donors (Lipinski definition) is 1. The van der Waals surface area contributed by atoms with Gasteiger partial charge >= 0.3 is 5.97 Å². The van der Waals surface area contributed by atoms with E-state index < -0.39 is 11.4 Å². The second-order valence-corrected chi connectivity index (χ2v) is 6.41. The minimum Gasteiger partial charge on any atom is -0.481 e. The molecule has 0 aromatic carbocycles. The average Bonchev–Trinajstić information content (AvgIpc) is 2.29. The minimum absolute atomic E-state index is 0.498. The summed E-state index contributed by atoms with van der Waals surface area (Å²) < 4.78 is 0. The summed E-state index contributed by atoms with van der Waals surface area (Å²) in [5.41, 5.74) is -0.619. The van der Waals surface area contributed by atoms with Crippen LogP contribution in [0.25, 0.3) is 0 Å². The Morgan fingerprint density at radius 2 is 1.74 bits per heavy atom. The second kappa shape index (κ2) is 8.57. The van der Waals surface area contributed by atoms with E-state index in [1.165, 1.54) is 0 Å². The van der Waals surface area contributed by atoms with Gasteiger partial charge in [0.1, 0.15) is 0 Å². The van der Waals surface area contributed by atoms with E-state index in [9.17, 15) is 9.90 Å². The van der Waals surface area contributed by atoms with Crippen LogP contribution >= 0.6 is 0 Å². The van der Waals surface area contributed by atoms with Gasteiger partial charge in [-0.15, -0.1) is 0 Å². The molecule has 1 N–H and O–H groups in total. The molecule has 0 bridgehead atoms. The molecule has 0 amide bonds. The predicted molar refractivity (Wildman–Crippen MR) is 81.4 cm³/mol. The molecular formula is C16H33NO2. The van der Waals surface area contributed by atoms with E-state index in [4.69, 9.17) is 0 Å². The van der Waals surface area contributed by atoms with Crippen molar-refractivity contribution in [2.45, 2.75) is 73.3 Å². The van der Waals surface area contributed by atoms with Crippen molar-refractivity contribution in [2.24, 2.45) is 11.3 Å². The zero-order chi connectivity index (χ0) is 15.1. The van der Waals surface area contributed by atoms with Gasteiger partial charge in [-0.05, 0) is 32.1 Å². The summed E-state index contributed by atoms with van der Waals surface area (Å²) in [7, 11) is 0. The Hall–Kier alpha value is -0.570. The summed E-state index contributed by atoms with van der Waals surface area (Å²) in [6.45, 7) is 14.4. The van der Waals surface area contributed by atoms with Crippen LogP contribution < -0.4 is 0 Å². The molecule has 0 aromatic heterocycles. The lowest BCUT2D eigenvalue weighted by Gasteiger charge is -2.38. The van der Waals surface area contributed by atoms with Gasteiger partial charge in [0, 0.05) is 19.1 Å². The summed E-state index contributed by atoms with van der Waals surface area (Å²) >= 11 is 0. The number of aliphatic carboxylic acids is 1. The van der Waals surface area contributed by atoms with Crippen molar-refractivity contribution in [3.8, 4) is 0 Å². The molecule has 1 atom stereocenters. The fourth-order valence-electron chi connectivity index (χ4n) is 2.87. The largest absolute Gasteiger partial charge is 0.481 e. The number of carboxylic acid groups (broad SMARTS) is 1. The first-order chi connectivity index (χ1) is 8.80. The van der Waals surface area contributed by atoms with E-state index in [0.717, 1.165) is 32.2 Å². The van der Waals surface area contributed by atoms with Crippen molar-refractivity contribution in [1.29, 1.82) is 0 Å². The first-order valence-corrected chi connectivity index (χ1v) is 7.78. The monoisotopic (exact) mass is 271 g/mol. The van der Waals surface area contributed by atoms with Crippen LogP contribution in [0.2, 0.25) is 0 Å². The fraction of sp³-hybridized carbons (Fsp3) is 0.938. The van der Waals surface area contributed by atoms with Crippen molar-refractivity contribution in [3.05, 3.63) is 0 Å². The van der Waals surface area contributed by atoms with Crippen molar-refractivity contribution in [2.75, 3.05) is 13.1 Å². The van der Waals surface area contributed by atoms with Gasteiger partial charge in [-0.2, -0.15) is 0 Å². The summed E-state index contributed by atoms with van der Waals surface area (Å²) in [5.74, 6) is -0.0886. The van der Waals surface area contributed by atoms with E-state index in [1.54, 1.807) is 0 Å². The standard InChI is InChI=1S/C16H33NO2/c1-7-10-16(6,15(18)19)12-17(11-13(4)5)14(8-2)9-3/h13-14H,7-12H2,1-6H3,(H,18,19). The molecular weight excluding hydrogens is 238 g/mol. The van der Waals surface area contributed by atoms with Crippen LogP contribution in [0.3, 0.4) is 0 Å². The van der Waals surface area contributed by atoms with Gasteiger partial charge in [0.05, 0.1) is 5.41 Å². The Balaban J connectivity index is 4.99. The highest BCUT2D eigenvalue weighted by Gasteiger charge is 2.35. The Morgan fingerprint density at radius 3 is 2.05 bits per heavy atom. The molecule has 0 aliphatic heterocycles. The molecule has 0 aromatic rings. The van der Waals surface area contributed by atoms with Crippen LogP contribution in [-0.2, 0) is 4.79 Å². The van der Waals surface area contributed by atoms with Crippen LogP contribution in [0, 0.1) is 11.3 Å². The van der Waals surface area contributed by atoms with Crippen LogP contribution in [0.15, 0.2) is 0 Å². The summed E-state index contributed by atoms with van der Waals surface area (Å²) in [6.07, 6.45) is 3.84. The number of rotatable bonds is 10. The Kier molecular flexibility index (Phi) is 8.31. The Bertz CT molecular complexity index is 261. The molecule has 3 nitrogen and oxygen atoms in total. The highest BCUT2D eigenvalue weighted by Crippen LogP contribution is 2.27. The molecule has 19 heavy (non-hydrogen) atoms. The smallest absolute Gasteiger partial charge is 0.310 e. The molecule has 0 aliphatic rings. The van der Waals surface area contributed by atoms with Gasteiger partial charge in [0.2, 0.25) is 0 Å². The summed E-state index contributed by atoms with van der Waals surface area (Å²) in [4.78, 5) is 14.0. The third-order valence-electron chi connectivity index (χ3n) is 3.93. The highest BCUT2D eigenvalue weighted by atomic mass is 16.4. The maximum absolute atomic E-state index is 11.6. The van der Waals surface area contributed by atoms with Gasteiger partial charge in [-0.1, -0.05) is 41.0 Å². The van der Waals surface area contributed by atoms with Crippen LogP contribution in [0.4, 0.5) is 0 Å². The van der Waals surface area contributed by atoms with Crippen molar-refractivity contribution >= 4 is 5.97 Å².